The fraction of sp³-hybridized carbons (Fsp3) is 0.333. The van der Waals surface area contributed by atoms with Gasteiger partial charge in [0.05, 0.1) is 25.0 Å². The molecule has 3 aromatic rings. The van der Waals surface area contributed by atoms with Crippen molar-refractivity contribution in [2.45, 2.75) is 25.9 Å². The van der Waals surface area contributed by atoms with Crippen LogP contribution in [0.2, 0.25) is 0 Å². The molecule has 0 spiro atoms. The van der Waals surface area contributed by atoms with E-state index in [2.05, 4.69) is 25.2 Å². The van der Waals surface area contributed by atoms with Crippen LogP contribution in [-0.2, 0) is 13.1 Å². The van der Waals surface area contributed by atoms with Gasteiger partial charge in [-0.1, -0.05) is 0 Å². The molecule has 26 heavy (non-hydrogen) atoms. The number of likely N-dealkylation sites (tertiary alicyclic amines) is 1. The van der Waals surface area contributed by atoms with E-state index in [-0.39, 0.29) is 5.91 Å². The number of amides is 1. The molecule has 1 aliphatic heterocycles. The Balaban J connectivity index is 1.32. The molecule has 4 heterocycles. The molecular formula is C18H19N5O2S. The minimum absolute atomic E-state index is 0.230. The Hall–Kier alpha value is -2.58. The maximum atomic E-state index is 12.3. The molecule has 0 atom stereocenters. The SMILES string of the molecule is O=C(NCc1csc(-c2cnccn2)n1)c1ccc(CN2CCCC2)o1. The number of aromatic nitrogens is 3. The lowest BCUT2D eigenvalue weighted by Crippen LogP contribution is -2.22. The number of thiazole rings is 1. The van der Waals surface area contributed by atoms with Crippen molar-refractivity contribution in [1.82, 2.24) is 25.2 Å². The molecule has 8 heteroatoms. The number of carbonyl (C=O) groups is 1. The van der Waals surface area contributed by atoms with Gasteiger partial charge in [-0.2, -0.15) is 0 Å². The largest absolute Gasteiger partial charge is 0.455 e. The van der Waals surface area contributed by atoms with Crippen LogP contribution in [0.4, 0.5) is 0 Å². The molecule has 1 aliphatic rings. The number of nitrogens with one attached hydrogen (secondary N) is 1. The lowest BCUT2D eigenvalue weighted by atomic mass is 10.3. The summed E-state index contributed by atoms with van der Waals surface area (Å²) in [7, 11) is 0. The summed E-state index contributed by atoms with van der Waals surface area (Å²) in [4.78, 5) is 27.4. The standard InChI is InChI=1S/C18H19N5O2S/c24-17(16-4-3-14(25-16)11-23-7-1-2-8-23)21-9-13-12-26-18(22-13)15-10-19-5-6-20-15/h3-6,10,12H,1-2,7-9,11H2,(H,21,24). The Labute approximate surface area is 155 Å². The van der Waals surface area contributed by atoms with Crippen molar-refractivity contribution in [3.05, 3.63) is 53.3 Å². The average Bonchev–Trinajstić information content (AvgIpc) is 3.43. The molecule has 1 N–H and O–H groups in total. The molecule has 0 bridgehead atoms. The third-order valence-corrected chi connectivity index (χ3v) is 5.14. The van der Waals surface area contributed by atoms with E-state index < -0.39 is 0 Å². The molecule has 4 rings (SSSR count). The van der Waals surface area contributed by atoms with E-state index in [0.717, 1.165) is 41.8 Å². The van der Waals surface area contributed by atoms with Crippen LogP contribution in [0.1, 0.15) is 34.9 Å². The van der Waals surface area contributed by atoms with Gasteiger partial charge in [-0.3, -0.25) is 19.7 Å². The van der Waals surface area contributed by atoms with Gasteiger partial charge in [0.1, 0.15) is 16.5 Å². The van der Waals surface area contributed by atoms with Gasteiger partial charge in [0, 0.05) is 17.8 Å². The van der Waals surface area contributed by atoms with E-state index >= 15 is 0 Å². The van der Waals surface area contributed by atoms with Crippen LogP contribution in [0.25, 0.3) is 10.7 Å². The predicted molar refractivity (Wildman–Crippen MR) is 97.5 cm³/mol. The summed E-state index contributed by atoms with van der Waals surface area (Å²) in [5.74, 6) is 0.936. The Kier molecular flexibility index (Phi) is 5.03. The third kappa shape index (κ3) is 3.97. The van der Waals surface area contributed by atoms with Crippen LogP contribution in [0.15, 0.2) is 40.5 Å². The molecule has 3 aromatic heterocycles. The maximum Gasteiger partial charge on any atom is 0.287 e. The molecule has 0 radical (unpaired) electrons. The number of furan rings is 1. The van der Waals surface area contributed by atoms with Crippen molar-refractivity contribution >= 4 is 17.2 Å². The van der Waals surface area contributed by atoms with Crippen molar-refractivity contribution < 1.29 is 9.21 Å². The quantitative estimate of drug-likeness (QED) is 0.719. The Bertz CT molecular complexity index is 871. The van der Waals surface area contributed by atoms with E-state index in [4.69, 9.17) is 4.42 Å². The monoisotopic (exact) mass is 369 g/mol. The van der Waals surface area contributed by atoms with E-state index in [1.54, 1.807) is 24.7 Å². The smallest absolute Gasteiger partial charge is 0.287 e. The number of hydrogen-bond donors (Lipinski definition) is 1. The Morgan fingerprint density at radius 3 is 2.96 bits per heavy atom. The maximum absolute atomic E-state index is 12.3. The highest BCUT2D eigenvalue weighted by Crippen LogP contribution is 2.21. The summed E-state index contributed by atoms with van der Waals surface area (Å²) in [5.41, 5.74) is 1.51. The van der Waals surface area contributed by atoms with Gasteiger partial charge >= 0.3 is 0 Å². The first-order valence-electron chi connectivity index (χ1n) is 8.58. The molecule has 0 unspecified atom stereocenters. The highest BCUT2D eigenvalue weighted by Gasteiger charge is 2.16. The summed E-state index contributed by atoms with van der Waals surface area (Å²) in [6.07, 6.45) is 7.40. The van der Waals surface area contributed by atoms with Gasteiger partial charge in [-0.15, -0.1) is 11.3 Å². The summed E-state index contributed by atoms with van der Waals surface area (Å²) >= 11 is 1.48. The highest BCUT2D eigenvalue weighted by molar-refractivity contribution is 7.13. The first-order chi connectivity index (χ1) is 12.8. The lowest BCUT2D eigenvalue weighted by molar-refractivity contribution is 0.0919. The van der Waals surface area contributed by atoms with Gasteiger partial charge in [-0.25, -0.2) is 4.98 Å². The van der Waals surface area contributed by atoms with Gasteiger partial charge in [0.15, 0.2) is 5.76 Å². The first-order valence-corrected chi connectivity index (χ1v) is 9.46. The van der Waals surface area contributed by atoms with Crippen LogP contribution in [-0.4, -0.2) is 38.8 Å². The molecule has 7 nitrogen and oxygen atoms in total. The molecule has 0 aromatic carbocycles. The van der Waals surface area contributed by atoms with Crippen molar-refractivity contribution in [1.29, 1.82) is 0 Å². The van der Waals surface area contributed by atoms with Crippen LogP contribution in [0.5, 0.6) is 0 Å². The average molecular weight is 369 g/mol. The number of hydrogen-bond acceptors (Lipinski definition) is 7. The van der Waals surface area contributed by atoms with Gasteiger partial charge in [-0.05, 0) is 38.1 Å². The summed E-state index contributed by atoms with van der Waals surface area (Å²) < 4.78 is 5.68. The van der Waals surface area contributed by atoms with Crippen LogP contribution < -0.4 is 5.32 Å². The van der Waals surface area contributed by atoms with Gasteiger partial charge in [0.25, 0.3) is 5.91 Å². The highest BCUT2D eigenvalue weighted by atomic mass is 32.1. The molecular weight excluding hydrogens is 350 g/mol. The van der Waals surface area contributed by atoms with Gasteiger partial charge in [0.2, 0.25) is 0 Å². The zero-order valence-electron chi connectivity index (χ0n) is 14.2. The molecule has 1 saturated heterocycles. The van der Waals surface area contributed by atoms with E-state index in [0.29, 0.717) is 12.3 Å². The fourth-order valence-corrected chi connectivity index (χ4v) is 3.70. The zero-order valence-corrected chi connectivity index (χ0v) is 15.0. The van der Waals surface area contributed by atoms with Crippen LogP contribution in [0.3, 0.4) is 0 Å². The summed E-state index contributed by atoms with van der Waals surface area (Å²) in [5, 5.41) is 5.54. The molecule has 134 valence electrons. The summed E-state index contributed by atoms with van der Waals surface area (Å²) in [6.45, 7) is 3.30. The van der Waals surface area contributed by atoms with Crippen LogP contribution >= 0.6 is 11.3 Å². The topological polar surface area (TPSA) is 84.2 Å². The zero-order chi connectivity index (χ0) is 17.8. The first kappa shape index (κ1) is 16.9. The molecule has 0 saturated carbocycles. The Morgan fingerprint density at radius 1 is 1.27 bits per heavy atom. The van der Waals surface area contributed by atoms with Crippen LogP contribution in [0, 0.1) is 0 Å². The second-order valence-electron chi connectivity index (χ2n) is 6.17. The third-order valence-electron chi connectivity index (χ3n) is 4.23. The lowest BCUT2D eigenvalue weighted by Gasteiger charge is -2.11. The number of carbonyl (C=O) groups excluding carboxylic acids is 1. The van der Waals surface area contributed by atoms with Crippen molar-refractivity contribution in [2.24, 2.45) is 0 Å². The molecule has 0 aliphatic carbocycles. The predicted octanol–water partition coefficient (Wildman–Crippen LogP) is 2.72. The molecule has 1 amide bonds. The minimum atomic E-state index is -0.230. The van der Waals surface area contributed by atoms with E-state index in [9.17, 15) is 4.79 Å². The number of nitrogens with zero attached hydrogens (tertiary/aromatic N) is 4. The second-order valence-corrected chi connectivity index (χ2v) is 7.02. The Morgan fingerprint density at radius 2 is 2.15 bits per heavy atom. The van der Waals surface area contributed by atoms with E-state index in [1.165, 1.54) is 24.2 Å². The second kappa shape index (κ2) is 7.76. The van der Waals surface area contributed by atoms with Crippen molar-refractivity contribution in [3.8, 4) is 10.7 Å². The van der Waals surface area contributed by atoms with Crippen molar-refractivity contribution in [2.75, 3.05) is 13.1 Å². The number of rotatable bonds is 6. The fourth-order valence-electron chi connectivity index (χ4n) is 2.92. The minimum Gasteiger partial charge on any atom is -0.455 e. The van der Waals surface area contributed by atoms with E-state index in [1.807, 2.05) is 11.4 Å². The van der Waals surface area contributed by atoms with Gasteiger partial charge < -0.3 is 9.73 Å². The summed E-state index contributed by atoms with van der Waals surface area (Å²) in [6, 6.07) is 3.61. The normalized spacial score (nSPS) is 14.6. The van der Waals surface area contributed by atoms with Crippen molar-refractivity contribution in [3.63, 3.8) is 0 Å². The molecule has 1 fully saturated rings.